The summed E-state index contributed by atoms with van der Waals surface area (Å²) in [6.07, 6.45) is 4.75. The molecule has 3 aromatic carbocycles. The maximum atomic E-state index is 9.79. The molecule has 5 rings (SSSR count). The summed E-state index contributed by atoms with van der Waals surface area (Å²) in [6, 6.07) is 20.2. The molecular formula is C41H50N4O6. The molecule has 0 saturated carbocycles. The Balaban J connectivity index is 1.31. The van der Waals surface area contributed by atoms with Gasteiger partial charge in [-0.25, -0.2) is 0 Å². The Labute approximate surface area is 301 Å². The molecule has 0 aliphatic carbocycles. The first kappa shape index (κ1) is 37.7. The van der Waals surface area contributed by atoms with E-state index in [1.54, 1.807) is 12.3 Å². The number of nitrogens with zero attached hydrogens (tertiary/aromatic N) is 4. The molecule has 1 aliphatic heterocycles. The molecule has 10 nitrogen and oxygen atoms in total. The third-order valence-corrected chi connectivity index (χ3v) is 9.48. The maximum Gasteiger partial charge on any atom is 0.128 e. The predicted molar refractivity (Wildman–Crippen MR) is 197 cm³/mol. The third-order valence-electron chi connectivity index (χ3n) is 9.48. The SMILES string of the molecule is Cc1cc(OCc2cccc(-c3cccc(OCCCN4CCC(O)C4)c3C)c2C)cc(OCc2cncc(C#N)c2)c1CN(CCO)CCO. The first-order valence-electron chi connectivity index (χ1n) is 17.7. The maximum absolute atomic E-state index is 9.79. The van der Waals surface area contributed by atoms with Crippen LogP contribution < -0.4 is 14.2 Å². The molecule has 10 heteroatoms. The molecule has 270 valence electrons. The summed E-state index contributed by atoms with van der Waals surface area (Å²) in [5.74, 6) is 2.17. The Morgan fingerprint density at radius 1 is 0.902 bits per heavy atom. The Morgan fingerprint density at radius 3 is 2.39 bits per heavy atom. The molecule has 1 atom stereocenters. The fourth-order valence-electron chi connectivity index (χ4n) is 6.57. The minimum atomic E-state index is -0.203. The number of β-amino-alcohol motifs (C(OH)–C–C–N with tert-alkyl or cyclic N) is 1. The quantitative estimate of drug-likeness (QED) is 0.118. The van der Waals surface area contributed by atoms with Gasteiger partial charge in [-0.1, -0.05) is 30.3 Å². The lowest BCUT2D eigenvalue weighted by molar-refractivity contribution is 0.154. The summed E-state index contributed by atoms with van der Waals surface area (Å²) in [7, 11) is 0. The van der Waals surface area contributed by atoms with Gasteiger partial charge in [0.1, 0.15) is 36.5 Å². The number of hydrogen-bond donors (Lipinski definition) is 3. The van der Waals surface area contributed by atoms with Crippen molar-refractivity contribution in [1.82, 2.24) is 14.8 Å². The van der Waals surface area contributed by atoms with Crippen molar-refractivity contribution >= 4 is 0 Å². The zero-order valence-electron chi connectivity index (χ0n) is 30.0. The Hall–Kier alpha value is -4.50. The highest BCUT2D eigenvalue weighted by Gasteiger charge is 2.20. The van der Waals surface area contributed by atoms with Crippen molar-refractivity contribution in [3.8, 4) is 34.4 Å². The fourth-order valence-corrected chi connectivity index (χ4v) is 6.57. The first-order valence-corrected chi connectivity index (χ1v) is 17.7. The van der Waals surface area contributed by atoms with E-state index in [1.165, 1.54) is 6.20 Å². The zero-order chi connectivity index (χ0) is 36.2. The van der Waals surface area contributed by atoms with Gasteiger partial charge in [0, 0.05) is 68.9 Å². The zero-order valence-corrected chi connectivity index (χ0v) is 30.0. The summed E-state index contributed by atoms with van der Waals surface area (Å²) in [4.78, 5) is 8.43. The number of benzene rings is 3. The van der Waals surface area contributed by atoms with Crippen LogP contribution in [0.15, 0.2) is 67.0 Å². The van der Waals surface area contributed by atoms with Crippen molar-refractivity contribution in [2.75, 3.05) is 52.5 Å². The number of ether oxygens (including phenoxy) is 3. The number of aryl methyl sites for hydroxylation is 1. The number of rotatable bonds is 18. The summed E-state index contributed by atoms with van der Waals surface area (Å²) in [5, 5.41) is 38.3. The number of pyridine rings is 1. The smallest absolute Gasteiger partial charge is 0.128 e. The minimum Gasteiger partial charge on any atom is -0.493 e. The average molecular weight is 695 g/mol. The highest BCUT2D eigenvalue weighted by atomic mass is 16.5. The Kier molecular flexibility index (Phi) is 13.8. The lowest BCUT2D eigenvalue weighted by Gasteiger charge is -2.24. The number of likely N-dealkylation sites (tertiary alicyclic amines) is 1. The molecule has 3 N–H and O–H groups in total. The van der Waals surface area contributed by atoms with Gasteiger partial charge in [-0.05, 0) is 85.2 Å². The normalized spacial score (nSPS) is 14.5. The molecule has 1 aromatic heterocycles. The third kappa shape index (κ3) is 10.3. The molecular weight excluding hydrogens is 644 g/mol. The summed E-state index contributed by atoms with van der Waals surface area (Å²) < 4.78 is 19.0. The van der Waals surface area contributed by atoms with Crippen LogP contribution in [0, 0.1) is 32.1 Å². The fraction of sp³-hybridized carbons (Fsp3) is 0.415. The Bertz CT molecular complexity index is 1780. The van der Waals surface area contributed by atoms with E-state index in [0.29, 0.717) is 49.9 Å². The van der Waals surface area contributed by atoms with Crippen LogP contribution in [0.3, 0.4) is 0 Å². The number of aliphatic hydroxyl groups excluding tert-OH is 3. The van der Waals surface area contributed by atoms with Gasteiger partial charge in [0.2, 0.25) is 0 Å². The first-order chi connectivity index (χ1) is 24.8. The standard InChI is InChI=1S/C41H50N4O6/c1-29-19-36(21-41(39(29)26-45(14-16-46)15-17-47)51-27-33-20-32(22-42)23-43-24-33)50-28-34-7-4-8-37(30(34)2)38-9-5-10-40(31(38)3)49-18-6-12-44-13-11-35(48)25-44/h4-5,7-10,19-21,23-24,35,46-48H,6,11-18,25-28H2,1-3H3. The van der Waals surface area contributed by atoms with Crippen molar-refractivity contribution in [3.63, 3.8) is 0 Å². The second-order valence-electron chi connectivity index (χ2n) is 13.2. The lowest BCUT2D eigenvalue weighted by atomic mass is 9.93. The molecule has 2 heterocycles. The van der Waals surface area contributed by atoms with E-state index in [2.05, 4.69) is 54.1 Å². The van der Waals surface area contributed by atoms with E-state index in [4.69, 9.17) is 14.2 Å². The van der Waals surface area contributed by atoms with E-state index in [9.17, 15) is 20.6 Å². The van der Waals surface area contributed by atoms with Crippen LogP contribution in [0.4, 0.5) is 0 Å². The van der Waals surface area contributed by atoms with Crippen LogP contribution in [0.5, 0.6) is 17.2 Å². The lowest BCUT2D eigenvalue weighted by Crippen LogP contribution is -2.30. The van der Waals surface area contributed by atoms with Crippen molar-refractivity contribution in [2.45, 2.75) is 59.5 Å². The van der Waals surface area contributed by atoms with Gasteiger partial charge in [-0.2, -0.15) is 5.26 Å². The van der Waals surface area contributed by atoms with Crippen LogP contribution in [0.25, 0.3) is 11.1 Å². The second kappa shape index (κ2) is 18.7. The van der Waals surface area contributed by atoms with Gasteiger partial charge < -0.3 is 34.4 Å². The molecule has 51 heavy (non-hydrogen) atoms. The highest BCUT2D eigenvalue weighted by Crippen LogP contribution is 2.35. The van der Waals surface area contributed by atoms with Gasteiger partial charge in [0.05, 0.1) is 31.5 Å². The molecule has 1 fully saturated rings. The summed E-state index contributed by atoms with van der Waals surface area (Å²) >= 11 is 0. The summed E-state index contributed by atoms with van der Waals surface area (Å²) in [5.41, 5.74) is 8.65. The molecule has 0 bridgehead atoms. The van der Waals surface area contributed by atoms with E-state index in [0.717, 1.165) is 82.7 Å². The molecule has 1 aliphatic rings. The van der Waals surface area contributed by atoms with Gasteiger partial charge in [0.15, 0.2) is 0 Å². The van der Waals surface area contributed by atoms with Crippen molar-refractivity contribution < 1.29 is 29.5 Å². The van der Waals surface area contributed by atoms with Gasteiger partial charge in [-0.15, -0.1) is 0 Å². The van der Waals surface area contributed by atoms with Crippen molar-refractivity contribution in [3.05, 3.63) is 106 Å². The number of nitriles is 1. The predicted octanol–water partition coefficient (Wildman–Crippen LogP) is 5.33. The highest BCUT2D eigenvalue weighted by molar-refractivity contribution is 5.73. The minimum absolute atomic E-state index is 0.0242. The van der Waals surface area contributed by atoms with E-state index in [-0.39, 0.29) is 25.9 Å². The van der Waals surface area contributed by atoms with Crippen LogP contribution in [-0.4, -0.2) is 88.8 Å². The average Bonchev–Trinajstić information content (AvgIpc) is 3.55. The van der Waals surface area contributed by atoms with E-state index >= 15 is 0 Å². The monoisotopic (exact) mass is 694 g/mol. The van der Waals surface area contributed by atoms with Crippen molar-refractivity contribution in [2.24, 2.45) is 0 Å². The number of hydrogen-bond acceptors (Lipinski definition) is 10. The largest absolute Gasteiger partial charge is 0.493 e. The Morgan fingerprint density at radius 2 is 1.67 bits per heavy atom. The number of aliphatic hydroxyl groups is 3. The van der Waals surface area contributed by atoms with Crippen molar-refractivity contribution in [1.29, 1.82) is 5.26 Å². The molecule has 0 spiro atoms. The second-order valence-corrected chi connectivity index (χ2v) is 13.2. The van der Waals surface area contributed by atoms with Crippen LogP contribution in [0.1, 0.15) is 51.8 Å². The van der Waals surface area contributed by atoms with E-state index < -0.39 is 0 Å². The topological polar surface area (TPSA) is 132 Å². The summed E-state index contributed by atoms with van der Waals surface area (Å²) in [6.45, 7) is 11.3. The van der Waals surface area contributed by atoms with Gasteiger partial charge in [0.25, 0.3) is 0 Å². The molecule has 1 saturated heterocycles. The van der Waals surface area contributed by atoms with Crippen LogP contribution in [0.2, 0.25) is 0 Å². The van der Waals surface area contributed by atoms with Crippen LogP contribution >= 0.6 is 0 Å². The molecule has 4 aromatic rings. The van der Waals surface area contributed by atoms with Gasteiger partial charge >= 0.3 is 0 Å². The molecule has 0 amide bonds. The molecule has 1 unspecified atom stereocenters. The van der Waals surface area contributed by atoms with Crippen LogP contribution in [-0.2, 0) is 19.8 Å². The number of aromatic nitrogens is 1. The van der Waals surface area contributed by atoms with E-state index in [1.807, 2.05) is 36.1 Å². The molecule has 0 radical (unpaired) electrons. The van der Waals surface area contributed by atoms with Gasteiger partial charge in [-0.3, -0.25) is 9.88 Å².